The number of nitrogens with zero attached hydrogens (tertiary/aromatic N) is 2. The summed E-state index contributed by atoms with van der Waals surface area (Å²) in [5, 5.41) is 4.20. The van der Waals surface area contributed by atoms with Crippen LogP contribution in [0.3, 0.4) is 0 Å². The van der Waals surface area contributed by atoms with Gasteiger partial charge in [0.2, 0.25) is 5.91 Å². The maximum Gasteiger partial charge on any atom is 0.262 e. The molecule has 0 aliphatic carbocycles. The molecule has 28 heavy (non-hydrogen) atoms. The van der Waals surface area contributed by atoms with E-state index in [1.165, 1.54) is 11.8 Å². The molecular formula is C21H31N3O3S. The van der Waals surface area contributed by atoms with Gasteiger partial charge in [0.1, 0.15) is 0 Å². The molecule has 0 aliphatic heterocycles. The van der Waals surface area contributed by atoms with Crippen LogP contribution in [0.25, 0.3) is 10.9 Å². The second-order valence-corrected chi connectivity index (χ2v) is 7.95. The molecule has 0 fully saturated rings. The summed E-state index contributed by atoms with van der Waals surface area (Å²) in [6.45, 7) is 9.19. The number of carbonyl (C=O) groups is 1. The standard InChI is InChI=1S/C21H31N3O3S/c1-5-16(6-2)22-19(25)14-28-21-23-18-11-8-7-10-17(18)20(26)24(21)12-9-13-27-15(3)4/h7-8,10-11,15-16H,5-6,9,12-14H2,1-4H3,(H,22,25). The van der Waals surface area contributed by atoms with Gasteiger partial charge in [0.25, 0.3) is 5.56 Å². The number of thioether (sulfide) groups is 1. The lowest BCUT2D eigenvalue weighted by Gasteiger charge is -2.16. The van der Waals surface area contributed by atoms with E-state index in [9.17, 15) is 9.59 Å². The predicted octanol–water partition coefficient (Wildman–Crippen LogP) is 3.61. The summed E-state index contributed by atoms with van der Waals surface area (Å²) in [5.74, 6) is 0.208. The smallest absolute Gasteiger partial charge is 0.262 e. The number of fused-ring (bicyclic) bond motifs is 1. The van der Waals surface area contributed by atoms with Crippen molar-refractivity contribution in [2.45, 2.75) is 70.8 Å². The molecule has 0 saturated heterocycles. The van der Waals surface area contributed by atoms with Gasteiger partial charge >= 0.3 is 0 Å². The number of hydrogen-bond acceptors (Lipinski definition) is 5. The fraction of sp³-hybridized carbons (Fsp3) is 0.571. The largest absolute Gasteiger partial charge is 0.379 e. The van der Waals surface area contributed by atoms with Crippen molar-refractivity contribution in [3.8, 4) is 0 Å². The van der Waals surface area contributed by atoms with E-state index in [1.807, 2.05) is 32.0 Å². The summed E-state index contributed by atoms with van der Waals surface area (Å²) in [4.78, 5) is 29.9. The Kier molecular flexibility index (Phi) is 8.99. The maximum atomic E-state index is 13.0. The molecular weight excluding hydrogens is 374 g/mol. The first kappa shape index (κ1) is 22.4. The van der Waals surface area contributed by atoms with Crippen LogP contribution in [0.1, 0.15) is 47.0 Å². The third-order valence-electron chi connectivity index (χ3n) is 4.49. The average Bonchev–Trinajstić information content (AvgIpc) is 2.69. The van der Waals surface area contributed by atoms with Gasteiger partial charge in [0, 0.05) is 19.2 Å². The Morgan fingerprint density at radius 1 is 1.25 bits per heavy atom. The zero-order chi connectivity index (χ0) is 20.5. The summed E-state index contributed by atoms with van der Waals surface area (Å²) >= 11 is 1.31. The molecule has 1 amide bonds. The van der Waals surface area contributed by atoms with E-state index >= 15 is 0 Å². The lowest BCUT2D eigenvalue weighted by molar-refractivity contribution is -0.119. The van der Waals surface area contributed by atoms with Gasteiger partial charge in [0.05, 0.1) is 22.8 Å². The Bertz CT molecular complexity index is 831. The van der Waals surface area contributed by atoms with E-state index in [1.54, 1.807) is 10.6 Å². The Balaban J connectivity index is 2.18. The van der Waals surface area contributed by atoms with Crippen LogP contribution >= 0.6 is 11.8 Å². The number of carbonyl (C=O) groups excluding carboxylic acids is 1. The van der Waals surface area contributed by atoms with Gasteiger partial charge in [-0.3, -0.25) is 14.2 Å². The normalized spacial score (nSPS) is 11.5. The molecule has 1 aromatic carbocycles. The molecule has 7 heteroatoms. The van der Waals surface area contributed by atoms with Gasteiger partial charge < -0.3 is 10.1 Å². The molecule has 6 nitrogen and oxygen atoms in total. The van der Waals surface area contributed by atoms with Crippen LogP contribution in [0.15, 0.2) is 34.2 Å². The zero-order valence-corrected chi connectivity index (χ0v) is 18.1. The molecule has 0 spiro atoms. The first-order valence-electron chi connectivity index (χ1n) is 9.99. The van der Waals surface area contributed by atoms with Crippen molar-refractivity contribution in [1.82, 2.24) is 14.9 Å². The van der Waals surface area contributed by atoms with E-state index in [-0.39, 0.29) is 29.4 Å². The molecule has 0 unspecified atom stereocenters. The van der Waals surface area contributed by atoms with Crippen molar-refractivity contribution in [2.24, 2.45) is 0 Å². The molecule has 2 aromatic rings. The number of ether oxygens (including phenoxy) is 1. The molecule has 0 aliphatic rings. The second-order valence-electron chi connectivity index (χ2n) is 7.01. The number of hydrogen-bond donors (Lipinski definition) is 1. The van der Waals surface area contributed by atoms with Crippen molar-refractivity contribution in [3.63, 3.8) is 0 Å². The number of para-hydroxylation sites is 1. The van der Waals surface area contributed by atoms with Crippen LogP contribution in [-0.4, -0.2) is 40.0 Å². The van der Waals surface area contributed by atoms with Gasteiger partial charge in [0.15, 0.2) is 5.16 Å². The van der Waals surface area contributed by atoms with Crippen LogP contribution in [0, 0.1) is 0 Å². The summed E-state index contributed by atoms with van der Waals surface area (Å²) in [5.41, 5.74) is 0.586. The monoisotopic (exact) mass is 405 g/mol. The predicted molar refractivity (Wildman–Crippen MR) is 115 cm³/mol. The van der Waals surface area contributed by atoms with Crippen molar-refractivity contribution in [1.29, 1.82) is 0 Å². The average molecular weight is 406 g/mol. The van der Waals surface area contributed by atoms with E-state index in [2.05, 4.69) is 24.1 Å². The molecule has 1 aromatic heterocycles. The summed E-state index contributed by atoms with van der Waals surface area (Å²) in [6.07, 6.45) is 2.68. The van der Waals surface area contributed by atoms with Crippen LogP contribution < -0.4 is 10.9 Å². The molecule has 0 atom stereocenters. The summed E-state index contributed by atoms with van der Waals surface area (Å²) in [6, 6.07) is 7.52. The highest BCUT2D eigenvalue weighted by Crippen LogP contribution is 2.18. The highest BCUT2D eigenvalue weighted by molar-refractivity contribution is 7.99. The number of aromatic nitrogens is 2. The van der Waals surface area contributed by atoms with Gasteiger partial charge in [-0.1, -0.05) is 37.7 Å². The highest BCUT2D eigenvalue weighted by Gasteiger charge is 2.14. The minimum absolute atomic E-state index is 0.0317. The van der Waals surface area contributed by atoms with Crippen LogP contribution in [-0.2, 0) is 16.1 Å². The Hall–Kier alpha value is -1.86. The molecule has 0 radical (unpaired) electrons. The van der Waals surface area contributed by atoms with Crippen molar-refractivity contribution in [2.75, 3.05) is 12.4 Å². The number of benzene rings is 1. The van der Waals surface area contributed by atoms with Gasteiger partial charge in [-0.2, -0.15) is 0 Å². The lowest BCUT2D eigenvalue weighted by Crippen LogP contribution is -2.35. The minimum Gasteiger partial charge on any atom is -0.379 e. The van der Waals surface area contributed by atoms with Gasteiger partial charge in [-0.25, -0.2) is 4.98 Å². The second kappa shape index (κ2) is 11.2. The van der Waals surface area contributed by atoms with Crippen molar-refractivity contribution in [3.05, 3.63) is 34.6 Å². The lowest BCUT2D eigenvalue weighted by atomic mass is 10.2. The highest BCUT2D eigenvalue weighted by atomic mass is 32.2. The maximum absolute atomic E-state index is 13.0. The molecule has 2 rings (SSSR count). The van der Waals surface area contributed by atoms with E-state index < -0.39 is 0 Å². The summed E-state index contributed by atoms with van der Waals surface area (Å²) in [7, 11) is 0. The van der Waals surface area contributed by atoms with E-state index in [0.29, 0.717) is 35.6 Å². The molecule has 0 bridgehead atoms. The zero-order valence-electron chi connectivity index (χ0n) is 17.2. The first-order chi connectivity index (χ1) is 13.5. The number of amides is 1. The van der Waals surface area contributed by atoms with E-state index in [4.69, 9.17) is 4.74 Å². The van der Waals surface area contributed by atoms with Crippen LogP contribution in [0.5, 0.6) is 0 Å². The van der Waals surface area contributed by atoms with Crippen molar-refractivity contribution >= 4 is 28.6 Å². The molecule has 1 heterocycles. The fourth-order valence-corrected chi connectivity index (χ4v) is 3.73. The number of nitrogens with one attached hydrogen (secondary N) is 1. The SMILES string of the molecule is CCC(CC)NC(=O)CSc1nc2ccccc2c(=O)n1CCCOC(C)C. The van der Waals surface area contributed by atoms with Gasteiger partial charge in [-0.05, 0) is 45.2 Å². The third-order valence-corrected chi connectivity index (χ3v) is 5.46. The third kappa shape index (κ3) is 6.34. The fourth-order valence-electron chi connectivity index (χ4n) is 2.89. The minimum atomic E-state index is -0.0713. The topological polar surface area (TPSA) is 73.2 Å². The molecule has 1 N–H and O–H groups in total. The Labute approximate surface area is 171 Å². The van der Waals surface area contributed by atoms with Crippen LogP contribution in [0.2, 0.25) is 0 Å². The quantitative estimate of drug-likeness (QED) is 0.351. The Morgan fingerprint density at radius 2 is 1.96 bits per heavy atom. The number of rotatable bonds is 11. The summed E-state index contributed by atoms with van der Waals surface area (Å²) < 4.78 is 7.26. The first-order valence-corrected chi connectivity index (χ1v) is 11.0. The van der Waals surface area contributed by atoms with Crippen molar-refractivity contribution < 1.29 is 9.53 Å². The molecule has 154 valence electrons. The van der Waals surface area contributed by atoms with Gasteiger partial charge in [-0.15, -0.1) is 0 Å². The van der Waals surface area contributed by atoms with E-state index in [0.717, 1.165) is 12.8 Å². The van der Waals surface area contributed by atoms with Crippen LogP contribution in [0.4, 0.5) is 0 Å². The Morgan fingerprint density at radius 3 is 2.64 bits per heavy atom. The molecule has 0 saturated carbocycles.